The molecule has 0 spiro atoms. The third-order valence-corrected chi connectivity index (χ3v) is 6.95. The number of halogens is 3. The highest BCUT2D eigenvalue weighted by molar-refractivity contribution is 8.00. The molecule has 5 nitrogen and oxygen atoms in total. The average Bonchev–Trinajstić information content (AvgIpc) is 2.73. The number of alkyl halides is 3. The van der Waals surface area contributed by atoms with E-state index in [9.17, 15) is 22.8 Å². The van der Waals surface area contributed by atoms with Crippen LogP contribution in [0.3, 0.4) is 0 Å². The van der Waals surface area contributed by atoms with Crippen molar-refractivity contribution in [2.45, 2.75) is 43.5 Å². The molecule has 9 heteroatoms. The predicted octanol–water partition coefficient (Wildman–Crippen LogP) is 3.85. The number of para-hydroxylation sites is 1. The minimum absolute atomic E-state index is 0.00501. The van der Waals surface area contributed by atoms with Crippen molar-refractivity contribution in [3.8, 4) is 0 Å². The molecule has 0 atom stereocenters. The third kappa shape index (κ3) is 6.63. The third-order valence-electron chi connectivity index (χ3n) is 5.59. The molecule has 1 N–H and O–H groups in total. The number of nitrogens with one attached hydrogen (secondary N) is 1. The van der Waals surface area contributed by atoms with E-state index in [0.29, 0.717) is 37.2 Å². The lowest BCUT2D eigenvalue weighted by Gasteiger charge is -2.34. The molecule has 166 valence electrons. The second-order valence-electron chi connectivity index (χ2n) is 7.82. The first-order chi connectivity index (χ1) is 14.3. The van der Waals surface area contributed by atoms with E-state index in [4.69, 9.17) is 0 Å². The van der Waals surface area contributed by atoms with Crippen molar-refractivity contribution in [3.63, 3.8) is 0 Å². The molecule has 1 aromatic rings. The van der Waals surface area contributed by atoms with Crippen LogP contribution in [0.15, 0.2) is 24.3 Å². The second-order valence-corrected chi connectivity index (χ2v) is 9.11. The monoisotopic (exact) mass is 443 g/mol. The lowest BCUT2D eigenvalue weighted by atomic mass is 10.0. The van der Waals surface area contributed by atoms with Crippen molar-refractivity contribution < 1.29 is 22.8 Å². The standard InChI is InChI=1S/C21H28F3N3O2S/c22-21(23,24)17-8-4-5-9-18(17)25-19(28)14-26-10-12-27(13-11-26)20(29)15-30-16-6-2-1-3-7-16/h4-5,8-9,16H,1-3,6-7,10-15H2,(H,25,28). The maximum atomic E-state index is 13.1. The number of anilines is 1. The molecule has 30 heavy (non-hydrogen) atoms. The van der Waals surface area contributed by atoms with Crippen LogP contribution in [0.2, 0.25) is 0 Å². The number of thioether (sulfide) groups is 1. The first-order valence-corrected chi connectivity index (χ1v) is 11.5. The molecule has 3 rings (SSSR count). The Labute approximate surface area is 179 Å². The average molecular weight is 444 g/mol. The fourth-order valence-electron chi connectivity index (χ4n) is 3.90. The lowest BCUT2D eigenvalue weighted by Crippen LogP contribution is -2.51. The van der Waals surface area contributed by atoms with E-state index in [0.717, 1.165) is 6.07 Å². The van der Waals surface area contributed by atoms with E-state index in [1.807, 2.05) is 9.80 Å². The van der Waals surface area contributed by atoms with Gasteiger partial charge in [-0.05, 0) is 25.0 Å². The van der Waals surface area contributed by atoms with Crippen LogP contribution < -0.4 is 5.32 Å². The van der Waals surface area contributed by atoms with E-state index in [2.05, 4.69) is 5.32 Å². The smallest absolute Gasteiger partial charge is 0.339 e. The molecule has 0 aromatic heterocycles. The van der Waals surface area contributed by atoms with Crippen LogP contribution in [-0.2, 0) is 15.8 Å². The van der Waals surface area contributed by atoms with Gasteiger partial charge >= 0.3 is 6.18 Å². The highest BCUT2D eigenvalue weighted by atomic mass is 32.2. The second kappa shape index (κ2) is 10.5. The van der Waals surface area contributed by atoms with Gasteiger partial charge in [0.15, 0.2) is 0 Å². The summed E-state index contributed by atoms with van der Waals surface area (Å²) in [7, 11) is 0. The Balaban J connectivity index is 1.41. The first kappa shape index (κ1) is 22.9. The summed E-state index contributed by atoms with van der Waals surface area (Å²) in [6.45, 7) is 2.15. The zero-order valence-electron chi connectivity index (χ0n) is 16.9. The summed E-state index contributed by atoms with van der Waals surface area (Å²) in [4.78, 5) is 28.4. The number of carbonyl (C=O) groups is 2. The van der Waals surface area contributed by atoms with Crippen molar-refractivity contribution in [1.29, 1.82) is 0 Å². The first-order valence-electron chi connectivity index (χ1n) is 10.4. The van der Waals surface area contributed by atoms with Gasteiger partial charge in [-0.2, -0.15) is 13.2 Å². The van der Waals surface area contributed by atoms with Crippen molar-refractivity contribution in [2.75, 3.05) is 43.8 Å². The highest BCUT2D eigenvalue weighted by Crippen LogP contribution is 2.34. The van der Waals surface area contributed by atoms with Crippen LogP contribution in [0.5, 0.6) is 0 Å². The normalized spacial score (nSPS) is 19.0. The number of rotatable bonds is 6. The van der Waals surface area contributed by atoms with Crippen molar-refractivity contribution in [2.24, 2.45) is 0 Å². The minimum Gasteiger partial charge on any atom is -0.339 e. The van der Waals surface area contributed by atoms with Crippen LogP contribution >= 0.6 is 11.8 Å². The summed E-state index contributed by atoms with van der Waals surface area (Å²) in [5, 5.41) is 2.96. The van der Waals surface area contributed by atoms with Crippen molar-refractivity contribution >= 4 is 29.3 Å². The molecular formula is C21H28F3N3O2S. The number of piperazine rings is 1. The van der Waals surface area contributed by atoms with E-state index in [1.165, 1.54) is 50.3 Å². The van der Waals surface area contributed by atoms with E-state index in [-0.39, 0.29) is 18.1 Å². The molecular weight excluding hydrogens is 415 g/mol. The number of hydrogen-bond donors (Lipinski definition) is 1. The van der Waals surface area contributed by atoms with Gasteiger partial charge in [0.2, 0.25) is 11.8 Å². The summed E-state index contributed by atoms with van der Waals surface area (Å²) in [6.07, 6.45) is 1.66. The van der Waals surface area contributed by atoms with Gasteiger partial charge in [-0.25, -0.2) is 0 Å². The van der Waals surface area contributed by atoms with Gasteiger partial charge in [0.05, 0.1) is 23.5 Å². The largest absolute Gasteiger partial charge is 0.418 e. The topological polar surface area (TPSA) is 52.7 Å². The Hall–Kier alpha value is -1.74. The molecule has 0 radical (unpaired) electrons. The fraction of sp³-hybridized carbons (Fsp3) is 0.619. The Morgan fingerprint density at radius 1 is 1.03 bits per heavy atom. The zero-order valence-corrected chi connectivity index (χ0v) is 17.7. The van der Waals surface area contributed by atoms with Gasteiger partial charge in [0, 0.05) is 31.4 Å². The molecule has 2 amide bonds. The van der Waals surface area contributed by atoms with Crippen molar-refractivity contribution in [3.05, 3.63) is 29.8 Å². The summed E-state index contributed by atoms with van der Waals surface area (Å²) in [5.74, 6) is 0.146. The minimum atomic E-state index is -4.52. The van der Waals surface area contributed by atoms with Gasteiger partial charge in [-0.1, -0.05) is 31.4 Å². The summed E-state index contributed by atoms with van der Waals surface area (Å²) >= 11 is 1.75. The molecule has 1 saturated carbocycles. The van der Waals surface area contributed by atoms with Gasteiger partial charge < -0.3 is 10.2 Å². The van der Waals surface area contributed by atoms with Crippen molar-refractivity contribution in [1.82, 2.24) is 9.80 Å². The lowest BCUT2D eigenvalue weighted by molar-refractivity contribution is -0.137. The van der Waals surface area contributed by atoms with E-state index in [1.54, 1.807) is 11.8 Å². The predicted molar refractivity (Wildman–Crippen MR) is 112 cm³/mol. The highest BCUT2D eigenvalue weighted by Gasteiger charge is 2.33. The van der Waals surface area contributed by atoms with Crippen LogP contribution in [0.4, 0.5) is 18.9 Å². The molecule has 1 aliphatic heterocycles. The number of hydrogen-bond acceptors (Lipinski definition) is 4. The van der Waals surface area contributed by atoms with Crippen LogP contribution in [0.1, 0.15) is 37.7 Å². The molecule has 1 heterocycles. The van der Waals surface area contributed by atoms with E-state index >= 15 is 0 Å². The maximum absolute atomic E-state index is 13.1. The Bertz CT molecular complexity index is 730. The Kier molecular flexibility index (Phi) is 8.05. The summed E-state index contributed by atoms with van der Waals surface area (Å²) < 4.78 is 39.2. The number of benzene rings is 1. The zero-order chi connectivity index (χ0) is 21.6. The van der Waals surface area contributed by atoms with Gasteiger partial charge in [0.1, 0.15) is 0 Å². The quantitative estimate of drug-likeness (QED) is 0.726. The summed E-state index contributed by atoms with van der Waals surface area (Å²) in [5.41, 5.74) is -1.09. The van der Waals surface area contributed by atoms with Crippen LogP contribution in [-0.4, -0.2) is 65.3 Å². The van der Waals surface area contributed by atoms with Gasteiger partial charge in [-0.3, -0.25) is 14.5 Å². The molecule has 1 saturated heterocycles. The van der Waals surface area contributed by atoms with Crippen LogP contribution in [0.25, 0.3) is 0 Å². The van der Waals surface area contributed by atoms with E-state index < -0.39 is 17.6 Å². The Morgan fingerprint density at radius 2 is 1.70 bits per heavy atom. The number of carbonyl (C=O) groups excluding carboxylic acids is 2. The SMILES string of the molecule is O=C(CN1CCN(C(=O)CSC2CCCCC2)CC1)Nc1ccccc1C(F)(F)F. The number of nitrogens with zero attached hydrogens (tertiary/aromatic N) is 2. The van der Waals surface area contributed by atoms with Crippen LogP contribution in [0, 0.1) is 0 Å². The summed E-state index contributed by atoms with van der Waals surface area (Å²) in [6, 6.07) is 4.95. The fourth-order valence-corrected chi connectivity index (χ4v) is 5.13. The Morgan fingerprint density at radius 3 is 2.37 bits per heavy atom. The number of amides is 2. The molecule has 2 fully saturated rings. The molecule has 1 aliphatic carbocycles. The van der Waals surface area contributed by atoms with Gasteiger partial charge in [0.25, 0.3) is 0 Å². The molecule has 1 aromatic carbocycles. The van der Waals surface area contributed by atoms with Gasteiger partial charge in [-0.15, -0.1) is 11.8 Å². The maximum Gasteiger partial charge on any atom is 0.418 e. The molecule has 0 unspecified atom stereocenters. The molecule has 0 bridgehead atoms. The molecule has 2 aliphatic rings.